The number of imidazole rings is 1. The summed E-state index contributed by atoms with van der Waals surface area (Å²) in [5.74, 6) is 0.00400. The van der Waals surface area contributed by atoms with Gasteiger partial charge in [-0.15, -0.1) is 0 Å². The highest BCUT2D eigenvalue weighted by atomic mass is 16.5. The number of aliphatic hydroxyl groups excluding tert-OH is 1. The quantitative estimate of drug-likeness (QED) is 0.131. The topological polar surface area (TPSA) is 114 Å². The number of aromatic nitrogens is 2. The van der Waals surface area contributed by atoms with Crippen molar-refractivity contribution in [1.29, 1.82) is 0 Å². The van der Waals surface area contributed by atoms with Crippen molar-refractivity contribution in [3.8, 4) is 17.2 Å². The zero-order valence-corrected chi connectivity index (χ0v) is 23.8. The van der Waals surface area contributed by atoms with E-state index in [9.17, 15) is 14.7 Å². The van der Waals surface area contributed by atoms with Crippen molar-refractivity contribution in [3.63, 3.8) is 0 Å². The van der Waals surface area contributed by atoms with E-state index in [0.29, 0.717) is 46.0 Å². The number of anilines is 1. The van der Waals surface area contributed by atoms with Gasteiger partial charge in [0.15, 0.2) is 0 Å². The van der Waals surface area contributed by atoms with E-state index in [1.807, 2.05) is 37.3 Å². The lowest BCUT2D eigenvalue weighted by Gasteiger charge is -2.23. The van der Waals surface area contributed by atoms with Crippen LogP contribution in [0.5, 0.6) is 17.2 Å². The molecule has 1 unspecified atom stereocenters. The first kappa shape index (κ1) is 27.6. The molecular formula is C34H29N3O6. The van der Waals surface area contributed by atoms with E-state index in [-0.39, 0.29) is 17.3 Å². The molecule has 1 aromatic heterocycles. The molecule has 5 aromatic rings. The molecule has 4 aromatic carbocycles. The number of hydrogen-bond donors (Lipinski definition) is 2. The van der Waals surface area contributed by atoms with Crippen LogP contribution in [-0.2, 0) is 16.2 Å². The third kappa shape index (κ3) is 5.17. The van der Waals surface area contributed by atoms with Crippen LogP contribution in [0, 0.1) is 6.92 Å². The van der Waals surface area contributed by atoms with Crippen molar-refractivity contribution >= 4 is 34.4 Å². The van der Waals surface area contributed by atoms with Gasteiger partial charge >= 0.3 is 5.91 Å². The van der Waals surface area contributed by atoms with Crippen molar-refractivity contribution in [3.05, 3.63) is 119 Å². The minimum Gasteiger partial charge on any atom is -0.507 e. The van der Waals surface area contributed by atoms with E-state index in [0.717, 1.165) is 11.1 Å². The molecule has 9 heteroatoms. The summed E-state index contributed by atoms with van der Waals surface area (Å²) in [6, 6.07) is 26.3. The number of aliphatic hydroxyl groups is 1. The summed E-state index contributed by atoms with van der Waals surface area (Å²) < 4.78 is 16.7. The molecule has 1 aliphatic heterocycles. The van der Waals surface area contributed by atoms with Gasteiger partial charge in [-0.25, -0.2) is 4.98 Å². The summed E-state index contributed by atoms with van der Waals surface area (Å²) in [5, 5.41) is 11.6. The molecule has 1 saturated heterocycles. The number of aromatic amines is 1. The van der Waals surface area contributed by atoms with Gasteiger partial charge in [-0.1, -0.05) is 42.5 Å². The minimum absolute atomic E-state index is 0.0614. The number of carbonyl (C=O) groups is 2. The van der Waals surface area contributed by atoms with Gasteiger partial charge in [0.05, 0.1) is 36.9 Å². The summed E-state index contributed by atoms with van der Waals surface area (Å²) in [6.07, 6.45) is 0. The van der Waals surface area contributed by atoms with Crippen molar-refractivity contribution in [2.45, 2.75) is 19.6 Å². The highest BCUT2D eigenvalue weighted by molar-refractivity contribution is 6.51. The Hall–Kier alpha value is -5.57. The molecule has 9 nitrogen and oxygen atoms in total. The fourth-order valence-electron chi connectivity index (χ4n) is 5.24. The number of aryl methyl sites for hydroxylation is 1. The number of Topliss-reactive ketones (excluding diaryl/α,β-unsaturated/α-hetero) is 1. The van der Waals surface area contributed by atoms with Gasteiger partial charge in [0.1, 0.15) is 29.6 Å². The second-order valence-corrected chi connectivity index (χ2v) is 10.1. The zero-order chi connectivity index (χ0) is 30.1. The summed E-state index contributed by atoms with van der Waals surface area (Å²) >= 11 is 0. The molecule has 1 aliphatic rings. The maximum atomic E-state index is 13.6. The lowest BCUT2D eigenvalue weighted by molar-refractivity contribution is -0.132. The molecule has 6 rings (SSSR count). The summed E-state index contributed by atoms with van der Waals surface area (Å²) in [6.45, 7) is 2.25. The smallest absolute Gasteiger partial charge is 0.302 e. The Balaban J connectivity index is 1.43. The average Bonchev–Trinajstić information content (AvgIpc) is 3.57. The van der Waals surface area contributed by atoms with Crippen molar-refractivity contribution in [2.24, 2.45) is 0 Å². The number of benzene rings is 4. The van der Waals surface area contributed by atoms with E-state index in [2.05, 4.69) is 9.97 Å². The molecular weight excluding hydrogens is 546 g/mol. The first-order valence-corrected chi connectivity index (χ1v) is 13.6. The van der Waals surface area contributed by atoms with Crippen LogP contribution in [0.2, 0.25) is 0 Å². The van der Waals surface area contributed by atoms with Crippen LogP contribution >= 0.6 is 0 Å². The molecule has 1 amide bonds. The number of methoxy groups -OCH3 is 2. The number of nitrogens with one attached hydrogen (secondary N) is 1. The third-order valence-corrected chi connectivity index (χ3v) is 7.44. The van der Waals surface area contributed by atoms with Gasteiger partial charge in [0.25, 0.3) is 5.78 Å². The summed E-state index contributed by atoms with van der Waals surface area (Å²) in [4.78, 5) is 36.3. The van der Waals surface area contributed by atoms with E-state index >= 15 is 0 Å². The Morgan fingerprint density at radius 2 is 1.67 bits per heavy atom. The molecule has 0 spiro atoms. The molecule has 2 N–H and O–H groups in total. The fraction of sp³-hybridized carbons (Fsp3) is 0.147. The highest BCUT2D eigenvalue weighted by Crippen LogP contribution is 2.43. The maximum absolute atomic E-state index is 13.6. The first-order valence-electron chi connectivity index (χ1n) is 13.6. The van der Waals surface area contributed by atoms with Crippen LogP contribution in [0.15, 0.2) is 96.6 Å². The Morgan fingerprint density at radius 1 is 0.907 bits per heavy atom. The van der Waals surface area contributed by atoms with Crippen molar-refractivity contribution < 1.29 is 28.9 Å². The predicted octanol–water partition coefficient (Wildman–Crippen LogP) is 6.09. The standard InChI is InChI=1S/C34H29N3O6/c1-20-16-23(12-15-28(20)43-19-21-8-5-4-6-9-21)31(38)29-30(22-10-7-11-24(17-22)41-2)37(33(40)32(29)39)34-35-26-14-13-25(42-3)18-27(26)36-34/h4-18,30,38H,19H2,1-3H3,(H,35,36)/b31-29+. The number of nitrogens with zero attached hydrogens (tertiary/aromatic N) is 2. The average molecular weight is 576 g/mol. The summed E-state index contributed by atoms with van der Waals surface area (Å²) in [5.41, 5.74) is 3.89. The molecule has 216 valence electrons. The van der Waals surface area contributed by atoms with Crippen LogP contribution in [0.1, 0.15) is 28.3 Å². The minimum atomic E-state index is -0.980. The predicted molar refractivity (Wildman–Crippen MR) is 162 cm³/mol. The molecule has 43 heavy (non-hydrogen) atoms. The molecule has 2 heterocycles. The van der Waals surface area contributed by atoms with E-state index in [4.69, 9.17) is 14.2 Å². The van der Waals surface area contributed by atoms with Crippen LogP contribution < -0.4 is 19.1 Å². The number of H-pyrrole nitrogens is 1. The van der Waals surface area contributed by atoms with Crippen molar-refractivity contribution in [1.82, 2.24) is 9.97 Å². The molecule has 1 fully saturated rings. The van der Waals surface area contributed by atoms with Gasteiger partial charge < -0.3 is 24.3 Å². The molecule has 1 atom stereocenters. The van der Waals surface area contributed by atoms with Gasteiger partial charge in [-0.05, 0) is 66.1 Å². The number of carbonyl (C=O) groups excluding carboxylic acids is 2. The maximum Gasteiger partial charge on any atom is 0.302 e. The SMILES string of the molecule is COc1cccc(C2/C(=C(\O)c3ccc(OCc4ccccc4)c(C)c3)C(=O)C(=O)N2c2nc3ccc(OC)cc3[nH]2)c1. The Kier molecular flexibility index (Phi) is 7.29. The Morgan fingerprint density at radius 3 is 2.42 bits per heavy atom. The lowest BCUT2D eigenvalue weighted by Crippen LogP contribution is -2.30. The number of ketones is 1. The number of amides is 1. The molecule has 0 saturated carbocycles. The highest BCUT2D eigenvalue weighted by Gasteiger charge is 2.48. The van der Waals surface area contributed by atoms with Gasteiger partial charge in [0, 0.05) is 11.6 Å². The summed E-state index contributed by atoms with van der Waals surface area (Å²) in [7, 11) is 3.09. The van der Waals surface area contributed by atoms with E-state index in [1.54, 1.807) is 67.8 Å². The van der Waals surface area contributed by atoms with Crippen molar-refractivity contribution in [2.75, 3.05) is 19.1 Å². The van der Waals surface area contributed by atoms with Gasteiger partial charge in [0.2, 0.25) is 5.95 Å². The van der Waals surface area contributed by atoms with Crippen LogP contribution in [0.4, 0.5) is 5.95 Å². The fourth-order valence-corrected chi connectivity index (χ4v) is 5.24. The molecule has 0 aliphatic carbocycles. The molecule has 0 radical (unpaired) electrons. The Labute approximate surface area is 248 Å². The van der Waals surface area contributed by atoms with E-state index < -0.39 is 17.7 Å². The normalized spacial score (nSPS) is 16.1. The largest absolute Gasteiger partial charge is 0.507 e. The monoisotopic (exact) mass is 575 g/mol. The Bertz CT molecular complexity index is 1880. The number of ether oxygens (including phenoxy) is 3. The zero-order valence-electron chi connectivity index (χ0n) is 23.8. The second kappa shape index (κ2) is 11.4. The van der Waals surface area contributed by atoms with E-state index in [1.165, 1.54) is 12.0 Å². The molecule has 0 bridgehead atoms. The van der Waals surface area contributed by atoms with Crippen LogP contribution in [0.3, 0.4) is 0 Å². The third-order valence-electron chi connectivity index (χ3n) is 7.44. The van der Waals surface area contributed by atoms with Gasteiger partial charge in [-0.2, -0.15) is 0 Å². The number of rotatable bonds is 8. The van der Waals surface area contributed by atoms with Crippen LogP contribution in [-0.4, -0.2) is 41.0 Å². The van der Waals surface area contributed by atoms with Gasteiger partial charge in [-0.3, -0.25) is 14.5 Å². The number of hydrogen-bond acceptors (Lipinski definition) is 7. The lowest BCUT2D eigenvalue weighted by atomic mass is 9.94. The number of fused-ring (bicyclic) bond motifs is 1. The first-order chi connectivity index (χ1) is 20.9. The second-order valence-electron chi connectivity index (χ2n) is 10.1. The van der Waals surface area contributed by atoms with Crippen LogP contribution in [0.25, 0.3) is 16.8 Å².